The van der Waals surface area contributed by atoms with Crippen LogP contribution in [-0.4, -0.2) is 0 Å². The first kappa shape index (κ1) is 18.1. The van der Waals surface area contributed by atoms with Crippen molar-refractivity contribution in [1.29, 1.82) is 0 Å². The molecular weight excluding hydrogens is 338 g/mol. The Labute approximate surface area is 167 Å². The Morgan fingerprint density at radius 2 is 1.36 bits per heavy atom. The maximum Gasteiger partial charge on any atom is 0.0320 e. The van der Waals surface area contributed by atoms with E-state index in [1.807, 2.05) is 18.2 Å². The minimum atomic E-state index is 0.797. The molecule has 0 aliphatic rings. The standard InChI is InChI=1S/C27H25N/c1-20-18-24(23-11-7-12-25(28)19-23)16-17-26(20)27-13-6-5-10-22(27)15-14-21-8-3-2-4-9-21/h2-13,16-19H,14-15,28H2,1H3. The molecule has 0 spiro atoms. The van der Waals surface area contributed by atoms with E-state index in [1.165, 1.54) is 33.4 Å². The number of anilines is 1. The third-order valence-electron chi connectivity index (χ3n) is 5.28. The highest BCUT2D eigenvalue weighted by Crippen LogP contribution is 2.31. The lowest BCUT2D eigenvalue weighted by molar-refractivity contribution is 0.962. The highest BCUT2D eigenvalue weighted by Gasteiger charge is 2.09. The maximum atomic E-state index is 5.96. The summed E-state index contributed by atoms with van der Waals surface area (Å²) in [7, 11) is 0. The van der Waals surface area contributed by atoms with Gasteiger partial charge in [-0.15, -0.1) is 0 Å². The summed E-state index contributed by atoms with van der Waals surface area (Å²) in [6, 6.07) is 34.2. The molecular formula is C27H25N. The molecule has 1 nitrogen and oxygen atoms in total. The molecule has 0 saturated carbocycles. The molecule has 0 heterocycles. The summed E-state index contributed by atoms with van der Waals surface area (Å²) >= 11 is 0. The summed E-state index contributed by atoms with van der Waals surface area (Å²) in [4.78, 5) is 0. The van der Waals surface area contributed by atoms with Crippen LogP contribution >= 0.6 is 0 Å². The van der Waals surface area contributed by atoms with Crippen molar-refractivity contribution in [3.8, 4) is 22.3 Å². The van der Waals surface area contributed by atoms with Crippen LogP contribution in [-0.2, 0) is 12.8 Å². The molecule has 0 unspecified atom stereocenters. The third kappa shape index (κ3) is 3.99. The molecule has 0 amide bonds. The summed E-state index contributed by atoms with van der Waals surface area (Å²) in [5.41, 5.74) is 15.8. The normalized spacial score (nSPS) is 10.8. The van der Waals surface area contributed by atoms with E-state index in [2.05, 4.69) is 85.8 Å². The molecule has 2 N–H and O–H groups in total. The second-order valence-corrected chi connectivity index (χ2v) is 7.30. The van der Waals surface area contributed by atoms with E-state index < -0.39 is 0 Å². The predicted molar refractivity (Wildman–Crippen MR) is 120 cm³/mol. The molecule has 4 rings (SSSR count). The second kappa shape index (κ2) is 8.14. The van der Waals surface area contributed by atoms with Crippen molar-refractivity contribution in [3.05, 3.63) is 114 Å². The molecule has 0 aliphatic carbocycles. The molecule has 0 aliphatic heterocycles. The number of nitrogens with two attached hydrogens (primary N) is 1. The van der Waals surface area contributed by atoms with Crippen LogP contribution in [0, 0.1) is 6.92 Å². The first-order valence-corrected chi connectivity index (χ1v) is 9.79. The highest BCUT2D eigenvalue weighted by molar-refractivity contribution is 5.76. The van der Waals surface area contributed by atoms with E-state index in [0.717, 1.165) is 24.1 Å². The Bertz CT molecular complexity index is 1080. The van der Waals surface area contributed by atoms with E-state index in [0.29, 0.717) is 0 Å². The quantitative estimate of drug-likeness (QED) is 0.392. The number of hydrogen-bond donors (Lipinski definition) is 1. The number of rotatable bonds is 5. The van der Waals surface area contributed by atoms with Crippen LogP contribution in [0.5, 0.6) is 0 Å². The van der Waals surface area contributed by atoms with Gasteiger partial charge in [0.05, 0.1) is 0 Å². The zero-order valence-electron chi connectivity index (χ0n) is 16.2. The van der Waals surface area contributed by atoms with Crippen molar-refractivity contribution in [1.82, 2.24) is 0 Å². The molecule has 1 heteroatoms. The summed E-state index contributed by atoms with van der Waals surface area (Å²) in [6.07, 6.45) is 2.09. The summed E-state index contributed by atoms with van der Waals surface area (Å²) in [5.74, 6) is 0. The number of nitrogen functional groups attached to an aromatic ring is 1. The molecule has 0 bridgehead atoms. The van der Waals surface area contributed by atoms with Gasteiger partial charge in [-0.2, -0.15) is 0 Å². The molecule has 4 aromatic carbocycles. The minimum absolute atomic E-state index is 0.797. The first-order valence-electron chi connectivity index (χ1n) is 9.79. The minimum Gasteiger partial charge on any atom is -0.399 e. The second-order valence-electron chi connectivity index (χ2n) is 7.30. The Morgan fingerprint density at radius 3 is 2.14 bits per heavy atom. The lowest BCUT2D eigenvalue weighted by atomic mass is 9.91. The fraction of sp³-hybridized carbons (Fsp3) is 0.111. The van der Waals surface area contributed by atoms with Gasteiger partial charge in [-0.05, 0) is 70.8 Å². The summed E-state index contributed by atoms with van der Waals surface area (Å²) < 4.78 is 0. The van der Waals surface area contributed by atoms with Gasteiger partial charge in [0.25, 0.3) is 0 Å². The fourth-order valence-electron chi connectivity index (χ4n) is 3.79. The maximum absolute atomic E-state index is 5.96. The van der Waals surface area contributed by atoms with Gasteiger partial charge in [0, 0.05) is 5.69 Å². The Morgan fingerprint density at radius 1 is 0.607 bits per heavy atom. The zero-order chi connectivity index (χ0) is 19.3. The highest BCUT2D eigenvalue weighted by atomic mass is 14.5. The van der Waals surface area contributed by atoms with Crippen molar-refractivity contribution < 1.29 is 0 Å². The zero-order valence-corrected chi connectivity index (χ0v) is 16.2. The first-order chi connectivity index (χ1) is 13.7. The van der Waals surface area contributed by atoms with Crippen LogP contribution in [0.1, 0.15) is 16.7 Å². The van der Waals surface area contributed by atoms with Gasteiger partial charge >= 0.3 is 0 Å². The van der Waals surface area contributed by atoms with Gasteiger partial charge in [0.2, 0.25) is 0 Å². The van der Waals surface area contributed by atoms with Gasteiger partial charge < -0.3 is 5.73 Å². The van der Waals surface area contributed by atoms with Crippen molar-refractivity contribution in [2.45, 2.75) is 19.8 Å². The Balaban J connectivity index is 1.64. The molecule has 0 atom stereocenters. The molecule has 0 saturated heterocycles. The lowest BCUT2D eigenvalue weighted by Crippen LogP contribution is -1.96. The fourth-order valence-corrected chi connectivity index (χ4v) is 3.79. The van der Waals surface area contributed by atoms with E-state index >= 15 is 0 Å². The summed E-state index contributed by atoms with van der Waals surface area (Å²) in [5, 5.41) is 0. The summed E-state index contributed by atoms with van der Waals surface area (Å²) in [6.45, 7) is 2.19. The van der Waals surface area contributed by atoms with Gasteiger partial charge in [0.15, 0.2) is 0 Å². The van der Waals surface area contributed by atoms with Crippen molar-refractivity contribution >= 4 is 5.69 Å². The van der Waals surface area contributed by atoms with Crippen LogP contribution in [0.2, 0.25) is 0 Å². The smallest absolute Gasteiger partial charge is 0.0320 e. The molecule has 0 radical (unpaired) electrons. The van der Waals surface area contributed by atoms with Gasteiger partial charge in [-0.3, -0.25) is 0 Å². The molecule has 28 heavy (non-hydrogen) atoms. The van der Waals surface area contributed by atoms with Crippen LogP contribution < -0.4 is 5.73 Å². The van der Waals surface area contributed by atoms with Crippen molar-refractivity contribution in [2.75, 3.05) is 5.73 Å². The number of hydrogen-bond acceptors (Lipinski definition) is 1. The Kier molecular flexibility index (Phi) is 5.25. The van der Waals surface area contributed by atoms with Crippen LogP contribution in [0.3, 0.4) is 0 Å². The van der Waals surface area contributed by atoms with Gasteiger partial charge in [-0.25, -0.2) is 0 Å². The number of aryl methyl sites for hydroxylation is 3. The molecule has 4 aromatic rings. The molecule has 138 valence electrons. The molecule has 0 aromatic heterocycles. The van der Waals surface area contributed by atoms with Crippen LogP contribution in [0.4, 0.5) is 5.69 Å². The van der Waals surface area contributed by atoms with E-state index in [1.54, 1.807) is 0 Å². The molecule has 0 fully saturated rings. The third-order valence-corrected chi connectivity index (χ3v) is 5.28. The van der Waals surface area contributed by atoms with Gasteiger partial charge in [-0.1, -0.05) is 84.9 Å². The largest absolute Gasteiger partial charge is 0.399 e. The van der Waals surface area contributed by atoms with Crippen molar-refractivity contribution in [3.63, 3.8) is 0 Å². The number of benzene rings is 4. The van der Waals surface area contributed by atoms with Gasteiger partial charge in [0.1, 0.15) is 0 Å². The Hall–Kier alpha value is -3.32. The van der Waals surface area contributed by atoms with Crippen LogP contribution in [0.15, 0.2) is 97.1 Å². The average Bonchev–Trinajstić information content (AvgIpc) is 2.73. The van der Waals surface area contributed by atoms with E-state index in [9.17, 15) is 0 Å². The average molecular weight is 364 g/mol. The van der Waals surface area contributed by atoms with Crippen LogP contribution in [0.25, 0.3) is 22.3 Å². The van der Waals surface area contributed by atoms with E-state index in [4.69, 9.17) is 5.73 Å². The van der Waals surface area contributed by atoms with Crippen molar-refractivity contribution in [2.24, 2.45) is 0 Å². The SMILES string of the molecule is Cc1cc(-c2cccc(N)c2)ccc1-c1ccccc1CCc1ccccc1. The lowest BCUT2D eigenvalue weighted by Gasteiger charge is -2.14. The monoisotopic (exact) mass is 363 g/mol. The topological polar surface area (TPSA) is 26.0 Å². The van der Waals surface area contributed by atoms with E-state index in [-0.39, 0.29) is 0 Å². The predicted octanol–water partition coefficient (Wildman–Crippen LogP) is 6.70.